The third-order valence-electron chi connectivity index (χ3n) is 3.77. The average molecular weight is 274 g/mol. The van der Waals surface area contributed by atoms with Crippen molar-refractivity contribution in [2.45, 2.75) is 32.2 Å². The smallest absolute Gasteiger partial charge is 0.252 e. The highest BCUT2D eigenvalue weighted by Gasteiger charge is 2.25. The maximum Gasteiger partial charge on any atom is 0.252 e. The van der Waals surface area contributed by atoms with E-state index in [9.17, 15) is 9.18 Å². The molecule has 1 aromatic carbocycles. The summed E-state index contributed by atoms with van der Waals surface area (Å²) < 4.78 is 13.4. The van der Waals surface area contributed by atoms with E-state index in [1.807, 2.05) is 6.92 Å². The van der Waals surface area contributed by atoms with E-state index in [4.69, 9.17) is 5.73 Å². The summed E-state index contributed by atoms with van der Waals surface area (Å²) in [6.45, 7) is 2.20. The van der Waals surface area contributed by atoms with Gasteiger partial charge in [-0.2, -0.15) is 0 Å². The Kier molecular flexibility index (Phi) is 4.75. The van der Waals surface area contributed by atoms with Crippen molar-refractivity contribution in [3.05, 3.63) is 35.1 Å². The zero-order chi connectivity index (χ0) is 14.5. The zero-order valence-electron chi connectivity index (χ0n) is 11.6. The summed E-state index contributed by atoms with van der Waals surface area (Å²) in [5.74, 6) is 5.32. The summed E-state index contributed by atoms with van der Waals surface area (Å²) in [6, 6.07) is 4.14. The lowest BCUT2D eigenvalue weighted by molar-refractivity contribution is 0.0908. The number of hydrogen-bond acceptors (Lipinski definition) is 2. The van der Waals surface area contributed by atoms with E-state index in [2.05, 4.69) is 17.2 Å². The standard InChI is InChI=1S/C16H19FN2O/c1-11(12-4-2-5-12)19-16(20)15-10-14(17)8-7-13(15)6-3-9-18/h7-8,10-12H,2,4-5,9,18H2,1H3,(H,19,20). The van der Waals surface area contributed by atoms with E-state index in [0.29, 0.717) is 11.5 Å². The number of hydrogen-bond donors (Lipinski definition) is 2. The van der Waals surface area contributed by atoms with E-state index in [1.54, 1.807) is 0 Å². The average Bonchev–Trinajstić information content (AvgIpc) is 2.35. The molecule has 3 nitrogen and oxygen atoms in total. The molecule has 106 valence electrons. The third-order valence-corrected chi connectivity index (χ3v) is 3.77. The Morgan fingerprint density at radius 3 is 2.90 bits per heavy atom. The predicted molar refractivity (Wildman–Crippen MR) is 76.6 cm³/mol. The molecule has 0 aliphatic heterocycles. The van der Waals surface area contributed by atoms with Crippen LogP contribution < -0.4 is 11.1 Å². The molecule has 1 unspecified atom stereocenters. The maximum atomic E-state index is 13.4. The lowest BCUT2D eigenvalue weighted by Crippen LogP contribution is -2.40. The second-order valence-corrected chi connectivity index (χ2v) is 5.15. The molecular weight excluding hydrogens is 255 g/mol. The Bertz CT molecular complexity index is 555. The van der Waals surface area contributed by atoms with Gasteiger partial charge < -0.3 is 11.1 Å². The molecule has 2 rings (SSSR count). The van der Waals surface area contributed by atoms with Crippen LogP contribution in [0.4, 0.5) is 4.39 Å². The van der Waals surface area contributed by atoms with Crippen LogP contribution in [0.1, 0.15) is 42.1 Å². The molecule has 1 aliphatic carbocycles. The lowest BCUT2D eigenvalue weighted by atomic mass is 9.80. The first-order valence-corrected chi connectivity index (χ1v) is 6.91. The van der Waals surface area contributed by atoms with Crippen molar-refractivity contribution in [1.29, 1.82) is 0 Å². The monoisotopic (exact) mass is 274 g/mol. The van der Waals surface area contributed by atoms with Gasteiger partial charge in [0.2, 0.25) is 0 Å². The van der Waals surface area contributed by atoms with Crippen LogP contribution in [0.25, 0.3) is 0 Å². The predicted octanol–water partition coefficient (Wildman–Crippen LogP) is 2.05. The fourth-order valence-electron chi connectivity index (χ4n) is 2.30. The minimum atomic E-state index is -0.440. The molecule has 0 bridgehead atoms. The van der Waals surface area contributed by atoms with Gasteiger partial charge in [0.15, 0.2) is 0 Å². The van der Waals surface area contributed by atoms with Gasteiger partial charge in [-0.25, -0.2) is 4.39 Å². The van der Waals surface area contributed by atoms with Gasteiger partial charge in [0.05, 0.1) is 12.1 Å². The van der Waals surface area contributed by atoms with Crippen LogP contribution in [-0.4, -0.2) is 18.5 Å². The maximum absolute atomic E-state index is 13.4. The van der Waals surface area contributed by atoms with Crippen LogP contribution in [-0.2, 0) is 0 Å². The first-order chi connectivity index (χ1) is 9.61. The van der Waals surface area contributed by atoms with E-state index in [1.165, 1.54) is 24.6 Å². The fourth-order valence-corrected chi connectivity index (χ4v) is 2.30. The van der Waals surface area contributed by atoms with Gasteiger partial charge >= 0.3 is 0 Å². The van der Waals surface area contributed by atoms with Crippen molar-refractivity contribution < 1.29 is 9.18 Å². The molecule has 0 heterocycles. The molecule has 0 spiro atoms. The van der Waals surface area contributed by atoms with Crippen molar-refractivity contribution in [2.75, 3.05) is 6.54 Å². The van der Waals surface area contributed by atoms with Crippen LogP contribution in [0.3, 0.4) is 0 Å². The summed E-state index contributed by atoms with van der Waals surface area (Å²) in [4.78, 5) is 12.3. The summed E-state index contributed by atoms with van der Waals surface area (Å²) in [7, 11) is 0. The number of benzene rings is 1. The van der Waals surface area contributed by atoms with Gasteiger partial charge in [-0.1, -0.05) is 18.3 Å². The summed E-state index contributed by atoms with van der Waals surface area (Å²) in [6.07, 6.45) is 3.51. The van der Waals surface area contributed by atoms with Gasteiger partial charge in [-0.15, -0.1) is 0 Å². The van der Waals surface area contributed by atoms with Crippen LogP contribution in [0.2, 0.25) is 0 Å². The van der Waals surface area contributed by atoms with Gasteiger partial charge in [-0.05, 0) is 43.9 Å². The molecule has 1 aromatic rings. The van der Waals surface area contributed by atoms with Crippen molar-refractivity contribution in [1.82, 2.24) is 5.32 Å². The number of halogens is 1. The van der Waals surface area contributed by atoms with Gasteiger partial charge in [0, 0.05) is 11.6 Å². The Balaban J connectivity index is 2.16. The Morgan fingerprint density at radius 1 is 1.55 bits per heavy atom. The largest absolute Gasteiger partial charge is 0.349 e. The van der Waals surface area contributed by atoms with E-state index in [-0.39, 0.29) is 24.1 Å². The lowest BCUT2D eigenvalue weighted by Gasteiger charge is -2.31. The normalized spacial score (nSPS) is 15.8. The summed E-state index contributed by atoms with van der Waals surface area (Å²) in [5, 5.41) is 2.94. The van der Waals surface area contributed by atoms with Gasteiger partial charge in [0.1, 0.15) is 5.82 Å². The second-order valence-electron chi connectivity index (χ2n) is 5.15. The van der Waals surface area contributed by atoms with Crippen molar-refractivity contribution in [3.63, 3.8) is 0 Å². The summed E-state index contributed by atoms with van der Waals surface area (Å²) in [5.41, 5.74) is 6.11. The highest BCUT2D eigenvalue weighted by molar-refractivity contribution is 5.97. The van der Waals surface area contributed by atoms with Gasteiger partial charge in [-0.3, -0.25) is 4.79 Å². The molecule has 1 fully saturated rings. The molecule has 3 N–H and O–H groups in total. The molecule has 4 heteroatoms. The molecular formula is C16H19FN2O. The Hall–Kier alpha value is -1.86. The Morgan fingerprint density at radius 2 is 2.30 bits per heavy atom. The third kappa shape index (κ3) is 3.37. The molecule has 1 saturated carbocycles. The van der Waals surface area contributed by atoms with Crippen molar-refractivity contribution >= 4 is 5.91 Å². The van der Waals surface area contributed by atoms with Crippen molar-refractivity contribution in [3.8, 4) is 11.8 Å². The second kappa shape index (κ2) is 6.53. The number of rotatable bonds is 3. The van der Waals surface area contributed by atoms with Crippen LogP contribution in [0.5, 0.6) is 0 Å². The minimum absolute atomic E-state index is 0.106. The van der Waals surface area contributed by atoms with E-state index < -0.39 is 5.82 Å². The fraction of sp³-hybridized carbons (Fsp3) is 0.438. The van der Waals surface area contributed by atoms with E-state index in [0.717, 1.165) is 12.8 Å². The summed E-state index contributed by atoms with van der Waals surface area (Å²) >= 11 is 0. The highest BCUT2D eigenvalue weighted by atomic mass is 19.1. The number of nitrogens with two attached hydrogens (primary N) is 1. The first kappa shape index (κ1) is 14.5. The molecule has 1 aliphatic rings. The highest BCUT2D eigenvalue weighted by Crippen LogP contribution is 2.29. The molecule has 0 saturated heterocycles. The van der Waals surface area contributed by atoms with Crippen LogP contribution >= 0.6 is 0 Å². The SMILES string of the molecule is CC(NC(=O)c1cc(F)ccc1C#CCN)C1CCC1. The topological polar surface area (TPSA) is 55.1 Å². The van der Waals surface area contributed by atoms with Crippen LogP contribution in [0.15, 0.2) is 18.2 Å². The molecule has 0 aromatic heterocycles. The number of amides is 1. The molecule has 1 atom stereocenters. The Labute approximate surface area is 118 Å². The quantitative estimate of drug-likeness (QED) is 0.829. The molecule has 0 radical (unpaired) electrons. The number of carbonyl (C=O) groups excluding carboxylic acids is 1. The number of carbonyl (C=O) groups is 1. The van der Waals surface area contributed by atoms with Crippen molar-refractivity contribution in [2.24, 2.45) is 11.7 Å². The first-order valence-electron chi connectivity index (χ1n) is 6.91. The number of nitrogens with one attached hydrogen (secondary N) is 1. The minimum Gasteiger partial charge on any atom is -0.349 e. The van der Waals surface area contributed by atoms with Gasteiger partial charge in [0.25, 0.3) is 5.91 Å². The van der Waals surface area contributed by atoms with E-state index >= 15 is 0 Å². The van der Waals surface area contributed by atoms with Crippen LogP contribution in [0, 0.1) is 23.6 Å². The zero-order valence-corrected chi connectivity index (χ0v) is 11.6. The molecule has 20 heavy (non-hydrogen) atoms. The molecule has 1 amide bonds.